The summed E-state index contributed by atoms with van der Waals surface area (Å²) in [5, 5.41) is 9.35. The van der Waals surface area contributed by atoms with Crippen molar-refractivity contribution in [2.45, 2.75) is 43.6 Å². The van der Waals surface area contributed by atoms with E-state index in [0.29, 0.717) is 11.3 Å². The number of carboxylic acid groups (broad SMARTS) is 1. The smallest absolute Gasteiger partial charge is 0.340 e. The minimum atomic E-state index is -0.903. The van der Waals surface area contributed by atoms with Crippen LogP contribution in [0, 0.1) is 0 Å². The highest BCUT2D eigenvalue weighted by atomic mass is 32.2. The molecule has 98 valence electrons. The van der Waals surface area contributed by atoms with Gasteiger partial charge < -0.3 is 9.84 Å². The molecule has 0 heterocycles. The maximum atomic E-state index is 11.4. The summed E-state index contributed by atoms with van der Waals surface area (Å²) < 4.78 is 5.86. The molecule has 18 heavy (non-hydrogen) atoms. The number of thioether (sulfide) groups is 1. The molecule has 1 N–H and O–H groups in total. The lowest BCUT2D eigenvalue weighted by atomic mass is 10.2. The van der Waals surface area contributed by atoms with Crippen molar-refractivity contribution < 1.29 is 14.6 Å². The monoisotopic (exact) mass is 266 g/mol. The fourth-order valence-corrected chi connectivity index (χ4v) is 3.10. The molecule has 0 amide bonds. The average molecular weight is 266 g/mol. The van der Waals surface area contributed by atoms with Crippen molar-refractivity contribution >= 4 is 17.7 Å². The van der Waals surface area contributed by atoms with E-state index in [2.05, 4.69) is 0 Å². The molecule has 0 unspecified atom stereocenters. The number of carbonyl (C=O) groups is 1. The maximum Gasteiger partial charge on any atom is 0.340 e. The molecule has 3 nitrogen and oxygen atoms in total. The summed E-state index contributed by atoms with van der Waals surface area (Å²) in [7, 11) is 0. The van der Waals surface area contributed by atoms with E-state index in [1.165, 1.54) is 12.8 Å². The molecular weight excluding hydrogens is 248 g/mol. The van der Waals surface area contributed by atoms with E-state index < -0.39 is 5.97 Å². The van der Waals surface area contributed by atoms with E-state index in [1.807, 2.05) is 19.1 Å². The third-order valence-corrected chi connectivity index (χ3v) is 4.04. The van der Waals surface area contributed by atoms with Gasteiger partial charge in [0.2, 0.25) is 0 Å². The van der Waals surface area contributed by atoms with Crippen molar-refractivity contribution in [3.05, 3.63) is 23.8 Å². The van der Waals surface area contributed by atoms with Gasteiger partial charge in [-0.2, -0.15) is 0 Å². The number of rotatable bonds is 5. The summed E-state index contributed by atoms with van der Waals surface area (Å²) >= 11 is 1.54. The van der Waals surface area contributed by atoms with Gasteiger partial charge in [-0.25, -0.2) is 4.79 Å². The summed E-state index contributed by atoms with van der Waals surface area (Å²) in [6, 6.07) is 5.48. The highest BCUT2D eigenvalue weighted by Gasteiger charge is 2.22. The molecule has 1 aromatic carbocycles. The van der Waals surface area contributed by atoms with E-state index in [0.717, 1.165) is 23.5 Å². The average Bonchev–Trinajstić information content (AvgIpc) is 2.82. The minimum Gasteiger partial charge on any atom is -0.489 e. The number of hydrogen-bond donors (Lipinski definition) is 1. The summed E-state index contributed by atoms with van der Waals surface area (Å²) in [6.07, 6.45) is 4.60. The Balaban J connectivity index is 2.26. The van der Waals surface area contributed by atoms with Crippen LogP contribution in [0.2, 0.25) is 0 Å². The van der Waals surface area contributed by atoms with Crippen LogP contribution in [-0.4, -0.2) is 22.9 Å². The second-order valence-electron chi connectivity index (χ2n) is 4.39. The Bertz CT molecular complexity index is 425. The number of aromatic carboxylic acids is 1. The molecule has 2 rings (SSSR count). The van der Waals surface area contributed by atoms with Crippen LogP contribution in [0.5, 0.6) is 5.75 Å². The van der Waals surface area contributed by atoms with Crippen molar-refractivity contribution in [3.63, 3.8) is 0 Å². The predicted octanol–water partition coefficient (Wildman–Crippen LogP) is 3.82. The first-order chi connectivity index (χ1) is 8.72. The Morgan fingerprint density at radius 3 is 2.78 bits per heavy atom. The number of carboxylic acids is 1. The Labute approximate surface area is 112 Å². The molecule has 0 radical (unpaired) electrons. The lowest BCUT2D eigenvalue weighted by molar-refractivity contribution is 0.0685. The zero-order valence-corrected chi connectivity index (χ0v) is 11.3. The Kier molecular flexibility index (Phi) is 4.53. The molecule has 1 aliphatic rings. The third-order valence-electron chi connectivity index (χ3n) is 3.10. The molecule has 0 saturated heterocycles. The molecule has 4 heteroatoms. The fourth-order valence-electron chi connectivity index (χ4n) is 2.28. The maximum absolute atomic E-state index is 11.4. The lowest BCUT2D eigenvalue weighted by Crippen LogP contribution is -2.14. The van der Waals surface area contributed by atoms with Crippen LogP contribution in [0.1, 0.15) is 43.0 Å². The van der Waals surface area contributed by atoms with E-state index in [1.54, 1.807) is 17.8 Å². The van der Waals surface area contributed by atoms with Crippen molar-refractivity contribution in [2.24, 2.45) is 0 Å². The predicted molar refractivity (Wildman–Crippen MR) is 72.7 cm³/mol. The molecule has 0 spiro atoms. The van der Waals surface area contributed by atoms with Crippen LogP contribution >= 0.6 is 11.8 Å². The summed E-state index contributed by atoms with van der Waals surface area (Å²) in [5.41, 5.74) is 0.316. The van der Waals surface area contributed by atoms with Gasteiger partial charge in [-0.3, -0.25) is 0 Å². The Morgan fingerprint density at radius 2 is 2.17 bits per heavy atom. The molecular formula is C14H18O3S. The normalized spacial score (nSPS) is 15.8. The topological polar surface area (TPSA) is 46.5 Å². The van der Waals surface area contributed by atoms with Crippen molar-refractivity contribution in [1.82, 2.24) is 0 Å². The largest absolute Gasteiger partial charge is 0.489 e. The van der Waals surface area contributed by atoms with Gasteiger partial charge in [0.1, 0.15) is 11.3 Å². The van der Waals surface area contributed by atoms with Crippen molar-refractivity contribution in [3.8, 4) is 5.75 Å². The quantitative estimate of drug-likeness (QED) is 0.823. The molecule has 0 bridgehead atoms. The van der Waals surface area contributed by atoms with Crippen molar-refractivity contribution in [2.75, 3.05) is 5.75 Å². The molecule has 1 saturated carbocycles. The molecule has 1 fully saturated rings. The first-order valence-corrected chi connectivity index (χ1v) is 7.36. The van der Waals surface area contributed by atoms with E-state index in [9.17, 15) is 9.90 Å². The lowest BCUT2D eigenvalue weighted by Gasteiger charge is -2.16. The van der Waals surface area contributed by atoms with Crippen LogP contribution in [0.15, 0.2) is 23.1 Å². The zero-order valence-electron chi connectivity index (χ0n) is 10.5. The SMILES string of the molecule is CCSc1cccc(OC2CCCC2)c1C(=O)O. The zero-order chi connectivity index (χ0) is 13.0. The minimum absolute atomic E-state index is 0.185. The Morgan fingerprint density at radius 1 is 1.44 bits per heavy atom. The van der Waals surface area contributed by atoms with Gasteiger partial charge in [0.25, 0.3) is 0 Å². The molecule has 0 aromatic heterocycles. The van der Waals surface area contributed by atoms with Crippen LogP contribution < -0.4 is 4.74 Å². The van der Waals surface area contributed by atoms with E-state index >= 15 is 0 Å². The second kappa shape index (κ2) is 6.14. The van der Waals surface area contributed by atoms with Gasteiger partial charge in [0.05, 0.1) is 6.10 Å². The third kappa shape index (κ3) is 2.99. The van der Waals surface area contributed by atoms with Gasteiger partial charge in [-0.15, -0.1) is 11.8 Å². The molecule has 0 atom stereocenters. The van der Waals surface area contributed by atoms with Crippen LogP contribution in [0.4, 0.5) is 0 Å². The first kappa shape index (κ1) is 13.3. The van der Waals surface area contributed by atoms with Crippen LogP contribution in [-0.2, 0) is 0 Å². The summed E-state index contributed by atoms with van der Waals surface area (Å²) in [4.78, 5) is 12.2. The number of hydrogen-bond acceptors (Lipinski definition) is 3. The van der Waals surface area contributed by atoms with Crippen LogP contribution in [0.3, 0.4) is 0 Å². The van der Waals surface area contributed by atoms with Crippen LogP contribution in [0.25, 0.3) is 0 Å². The van der Waals surface area contributed by atoms with E-state index in [-0.39, 0.29) is 6.10 Å². The molecule has 1 aromatic rings. The highest BCUT2D eigenvalue weighted by molar-refractivity contribution is 7.99. The van der Waals surface area contributed by atoms with Crippen molar-refractivity contribution in [1.29, 1.82) is 0 Å². The highest BCUT2D eigenvalue weighted by Crippen LogP contribution is 2.32. The standard InChI is InChI=1S/C14H18O3S/c1-2-18-12-9-5-8-11(13(12)14(15)16)17-10-6-3-4-7-10/h5,8-10H,2-4,6-7H2,1H3,(H,15,16). The van der Waals surface area contributed by atoms with Gasteiger partial charge in [0.15, 0.2) is 0 Å². The number of benzene rings is 1. The van der Waals surface area contributed by atoms with Gasteiger partial charge in [-0.1, -0.05) is 13.0 Å². The second-order valence-corrected chi connectivity index (χ2v) is 5.70. The molecule has 0 aliphatic heterocycles. The Hall–Kier alpha value is -1.16. The first-order valence-electron chi connectivity index (χ1n) is 6.38. The van der Waals surface area contributed by atoms with E-state index in [4.69, 9.17) is 4.74 Å². The van der Waals surface area contributed by atoms with Gasteiger partial charge in [0, 0.05) is 4.90 Å². The summed E-state index contributed by atoms with van der Waals surface area (Å²) in [6.45, 7) is 2.01. The van der Waals surface area contributed by atoms with Gasteiger partial charge in [-0.05, 0) is 43.6 Å². The van der Waals surface area contributed by atoms with Gasteiger partial charge >= 0.3 is 5.97 Å². The summed E-state index contributed by atoms with van der Waals surface area (Å²) in [5.74, 6) is 0.472. The fraction of sp³-hybridized carbons (Fsp3) is 0.500. The molecule has 1 aliphatic carbocycles. The number of ether oxygens (including phenoxy) is 1.